The summed E-state index contributed by atoms with van der Waals surface area (Å²) in [6.45, 7) is 8.90. The summed E-state index contributed by atoms with van der Waals surface area (Å²) in [5.74, 6) is 0.323. The Balaban J connectivity index is 1.53. The van der Waals surface area contributed by atoms with Crippen molar-refractivity contribution in [2.75, 3.05) is 39.3 Å². The first-order valence-corrected chi connectivity index (χ1v) is 9.85. The van der Waals surface area contributed by atoms with Crippen LogP contribution in [0, 0.1) is 0 Å². The number of imidazole rings is 1. The number of carbonyl (C=O) groups is 1. The molecule has 3 heterocycles. The topological polar surface area (TPSA) is 44.6 Å². The van der Waals surface area contributed by atoms with E-state index in [0.29, 0.717) is 5.91 Å². The van der Waals surface area contributed by atoms with Gasteiger partial charge in [-0.3, -0.25) is 14.6 Å². The van der Waals surface area contributed by atoms with Gasteiger partial charge in [0.1, 0.15) is 0 Å². The van der Waals surface area contributed by atoms with Crippen molar-refractivity contribution in [2.45, 2.75) is 51.6 Å². The molecule has 1 aromatic heterocycles. The highest BCUT2D eigenvalue weighted by Crippen LogP contribution is 2.15. The van der Waals surface area contributed by atoms with Gasteiger partial charge >= 0.3 is 0 Å². The Morgan fingerprint density at radius 1 is 1.04 bits per heavy atom. The summed E-state index contributed by atoms with van der Waals surface area (Å²) in [6.07, 6.45) is 9.93. The zero-order valence-corrected chi connectivity index (χ0v) is 15.9. The molecule has 2 fully saturated rings. The summed E-state index contributed by atoms with van der Waals surface area (Å²) in [7, 11) is 2.04. The molecule has 2 aliphatic heterocycles. The zero-order chi connectivity index (χ0) is 17.6. The molecule has 2 aliphatic rings. The number of hydrogen-bond acceptors (Lipinski definition) is 4. The first kappa shape index (κ1) is 18.4. The number of hydrogen-bond donors (Lipinski definition) is 0. The standard InChI is InChI=1S/C19H33N5O/c1-17(23-9-5-3-4-6-10-23)19(25)24-11-7-8-22(12-13-24)15-18-14-20-16-21(18)2/h14,16-17H,3-13,15H2,1-2H3. The molecule has 0 saturated carbocycles. The van der Waals surface area contributed by atoms with E-state index in [1.165, 1.54) is 31.4 Å². The van der Waals surface area contributed by atoms with Crippen molar-refractivity contribution in [3.63, 3.8) is 0 Å². The number of nitrogens with zero attached hydrogens (tertiary/aromatic N) is 5. The monoisotopic (exact) mass is 347 g/mol. The fourth-order valence-electron chi connectivity index (χ4n) is 4.02. The van der Waals surface area contributed by atoms with Crippen molar-refractivity contribution in [3.8, 4) is 0 Å². The van der Waals surface area contributed by atoms with E-state index in [1.54, 1.807) is 0 Å². The summed E-state index contributed by atoms with van der Waals surface area (Å²) in [4.78, 5) is 24.1. The van der Waals surface area contributed by atoms with E-state index in [-0.39, 0.29) is 6.04 Å². The Hall–Kier alpha value is -1.40. The molecule has 1 atom stereocenters. The second-order valence-electron chi connectivity index (χ2n) is 7.58. The van der Waals surface area contributed by atoms with Crippen molar-refractivity contribution < 1.29 is 4.79 Å². The molecular formula is C19H33N5O. The number of amides is 1. The predicted octanol–water partition coefficient (Wildman–Crippen LogP) is 1.72. The minimum absolute atomic E-state index is 0.0294. The summed E-state index contributed by atoms with van der Waals surface area (Å²) in [5.41, 5.74) is 1.23. The van der Waals surface area contributed by atoms with Gasteiger partial charge in [0.05, 0.1) is 18.1 Å². The maximum absolute atomic E-state index is 13.0. The molecule has 1 aromatic rings. The van der Waals surface area contributed by atoms with Crippen molar-refractivity contribution >= 4 is 5.91 Å². The van der Waals surface area contributed by atoms with Crippen LogP contribution in [0.4, 0.5) is 0 Å². The van der Waals surface area contributed by atoms with Crippen LogP contribution in [0.1, 0.15) is 44.7 Å². The SMILES string of the molecule is CC(C(=O)N1CCCN(Cc2cncn2C)CC1)N1CCCCCC1. The lowest BCUT2D eigenvalue weighted by Crippen LogP contribution is -2.48. The van der Waals surface area contributed by atoms with Gasteiger partial charge in [-0.25, -0.2) is 4.98 Å². The van der Waals surface area contributed by atoms with Crippen LogP contribution in [0.5, 0.6) is 0 Å². The van der Waals surface area contributed by atoms with Crippen molar-refractivity contribution in [1.82, 2.24) is 24.3 Å². The molecule has 1 unspecified atom stereocenters. The summed E-state index contributed by atoms with van der Waals surface area (Å²) in [5, 5.41) is 0. The normalized spacial score (nSPS) is 22.4. The van der Waals surface area contributed by atoms with Gasteiger partial charge in [-0.05, 0) is 39.3 Å². The van der Waals surface area contributed by atoms with E-state index in [0.717, 1.165) is 52.2 Å². The maximum atomic E-state index is 13.0. The Kier molecular flexibility index (Phi) is 6.48. The summed E-state index contributed by atoms with van der Waals surface area (Å²) >= 11 is 0. The average molecular weight is 348 g/mol. The highest BCUT2D eigenvalue weighted by molar-refractivity contribution is 5.81. The van der Waals surface area contributed by atoms with Crippen LogP contribution >= 0.6 is 0 Å². The molecule has 0 aliphatic carbocycles. The van der Waals surface area contributed by atoms with E-state index < -0.39 is 0 Å². The lowest BCUT2D eigenvalue weighted by molar-refractivity contribution is -0.136. The number of aromatic nitrogens is 2. The van der Waals surface area contributed by atoms with Crippen LogP contribution in [-0.4, -0.2) is 75.5 Å². The third-order valence-electron chi connectivity index (χ3n) is 5.75. The van der Waals surface area contributed by atoms with Crippen LogP contribution in [0.25, 0.3) is 0 Å². The Bertz CT molecular complexity index is 550. The Morgan fingerprint density at radius 3 is 2.48 bits per heavy atom. The van der Waals surface area contributed by atoms with E-state index in [4.69, 9.17) is 0 Å². The van der Waals surface area contributed by atoms with Crippen LogP contribution in [0.15, 0.2) is 12.5 Å². The maximum Gasteiger partial charge on any atom is 0.239 e. The van der Waals surface area contributed by atoms with E-state index in [9.17, 15) is 4.79 Å². The van der Waals surface area contributed by atoms with Gasteiger partial charge in [0.25, 0.3) is 0 Å². The molecule has 0 N–H and O–H groups in total. The van der Waals surface area contributed by atoms with Crippen LogP contribution in [-0.2, 0) is 18.4 Å². The first-order valence-electron chi connectivity index (χ1n) is 9.85. The van der Waals surface area contributed by atoms with E-state index in [2.05, 4.69) is 31.2 Å². The highest BCUT2D eigenvalue weighted by Gasteiger charge is 2.27. The molecule has 3 rings (SSSR count). The van der Waals surface area contributed by atoms with Gasteiger partial charge < -0.3 is 9.47 Å². The second kappa shape index (κ2) is 8.81. The third kappa shape index (κ3) is 4.82. The summed E-state index contributed by atoms with van der Waals surface area (Å²) in [6, 6.07) is 0.0294. The summed E-state index contributed by atoms with van der Waals surface area (Å²) < 4.78 is 2.08. The van der Waals surface area contributed by atoms with Crippen molar-refractivity contribution in [2.24, 2.45) is 7.05 Å². The fraction of sp³-hybridized carbons (Fsp3) is 0.789. The average Bonchev–Trinajstić information content (AvgIpc) is 2.85. The molecule has 25 heavy (non-hydrogen) atoms. The number of rotatable bonds is 4. The van der Waals surface area contributed by atoms with Gasteiger partial charge in [-0.15, -0.1) is 0 Å². The molecule has 1 amide bonds. The minimum Gasteiger partial charge on any atom is -0.340 e. The van der Waals surface area contributed by atoms with Crippen LogP contribution in [0.3, 0.4) is 0 Å². The van der Waals surface area contributed by atoms with E-state index >= 15 is 0 Å². The van der Waals surface area contributed by atoms with Crippen molar-refractivity contribution in [3.05, 3.63) is 18.2 Å². The number of carbonyl (C=O) groups excluding carboxylic acids is 1. The molecule has 2 saturated heterocycles. The first-order chi connectivity index (χ1) is 12.1. The molecule has 0 radical (unpaired) electrons. The molecule has 0 aromatic carbocycles. The number of aryl methyl sites for hydroxylation is 1. The molecule has 0 spiro atoms. The minimum atomic E-state index is 0.0294. The molecule has 6 nitrogen and oxygen atoms in total. The molecule has 140 valence electrons. The van der Waals surface area contributed by atoms with Gasteiger partial charge in [0.2, 0.25) is 5.91 Å². The largest absolute Gasteiger partial charge is 0.340 e. The molecule has 0 bridgehead atoms. The lowest BCUT2D eigenvalue weighted by atomic mass is 10.2. The van der Waals surface area contributed by atoms with Crippen LogP contribution < -0.4 is 0 Å². The third-order valence-corrected chi connectivity index (χ3v) is 5.75. The van der Waals surface area contributed by atoms with E-state index in [1.807, 2.05) is 19.6 Å². The Morgan fingerprint density at radius 2 is 1.80 bits per heavy atom. The van der Waals surface area contributed by atoms with Gasteiger partial charge in [0, 0.05) is 46.0 Å². The van der Waals surface area contributed by atoms with Crippen LogP contribution in [0.2, 0.25) is 0 Å². The zero-order valence-electron chi connectivity index (χ0n) is 15.9. The quantitative estimate of drug-likeness (QED) is 0.832. The lowest BCUT2D eigenvalue weighted by Gasteiger charge is -2.31. The van der Waals surface area contributed by atoms with Gasteiger partial charge in [-0.2, -0.15) is 0 Å². The number of likely N-dealkylation sites (tertiary alicyclic amines) is 1. The Labute approximate surface area is 151 Å². The smallest absolute Gasteiger partial charge is 0.239 e. The molecular weight excluding hydrogens is 314 g/mol. The second-order valence-corrected chi connectivity index (χ2v) is 7.58. The predicted molar refractivity (Wildman–Crippen MR) is 99.2 cm³/mol. The van der Waals surface area contributed by atoms with Gasteiger partial charge in [-0.1, -0.05) is 12.8 Å². The highest BCUT2D eigenvalue weighted by atomic mass is 16.2. The molecule has 6 heteroatoms. The van der Waals surface area contributed by atoms with Crippen molar-refractivity contribution in [1.29, 1.82) is 0 Å². The van der Waals surface area contributed by atoms with Gasteiger partial charge in [0.15, 0.2) is 0 Å². The fourth-order valence-corrected chi connectivity index (χ4v) is 4.02.